The maximum atomic E-state index is 13.4. The zero-order valence-corrected chi connectivity index (χ0v) is 16.8. The minimum Gasteiger partial charge on any atom is -0.450 e. The maximum absolute atomic E-state index is 13.4. The highest BCUT2D eigenvalue weighted by molar-refractivity contribution is 5.67. The summed E-state index contributed by atoms with van der Waals surface area (Å²) in [6, 6.07) is 7.03. The molecule has 4 nitrogen and oxygen atoms in total. The number of rotatable bonds is 5. The first-order chi connectivity index (χ1) is 13.6. The van der Waals surface area contributed by atoms with Gasteiger partial charge >= 0.3 is 6.09 Å². The van der Waals surface area contributed by atoms with Crippen LogP contribution in [0, 0.1) is 5.92 Å². The van der Waals surface area contributed by atoms with Crippen LogP contribution in [0.4, 0.5) is 13.6 Å². The lowest BCUT2D eigenvalue weighted by molar-refractivity contribution is 0.0859. The maximum Gasteiger partial charge on any atom is 0.409 e. The molecular weight excluding hydrogens is 362 g/mol. The third kappa shape index (κ3) is 5.43. The molecule has 2 aliphatic heterocycles. The van der Waals surface area contributed by atoms with Crippen LogP contribution in [0.25, 0.3) is 0 Å². The normalized spacial score (nSPS) is 22.3. The van der Waals surface area contributed by atoms with E-state index in [0.29, 0.717) is 12.5 Å². The Morgan fingerprint density at radius 3 is 2.57 bits per heavy atom. The summed E-state index contributed by atoms with van der Waals surface area (Å²) < 4.78 is 31.8. The van der Waals surface area contributed by atoms with Gasteiger partial charge in [-0.25, -0.2) is 13.6 Å². The molecule has 0 saturated carbocycles. The molecular formula is C22H32F2N2O2. The summed E-state index contributed by atoms with van der Waals surface area (Å²) >= 11 is 0. The van der Waals surface area contributed by atoms with Crippen LogP contribution in [0.5, 0.6) is 0 Å². The van der Waals surface area contributed by atoms with Crippen LogP contribution in [0.1, 0.15) is 62.5 Å². The Bertz CT molecular complexity index is 633. The third-order valence-electron chi connectivity index (χ3n) is 6.15. The van der Waals surface area contributed by atoms with E-state index < -0.39 is 6.43 Å². The van der Waals surface area contributed by atoms with Crippen molar-refractivity contribution in [3.05, 3.63) is 35.4 Å². The zero-order chi connectivity index (χ0) is 19.9. The molecule has 1 unspecified atom stereocenters. The average Bonchev–Trinajstić information content (AvgIpc) is 2.94. The lowest BCUT2D eigenvalue weighted by Gasteiger charge is -2.34. The summed E-state index contributed by atoms with van der Waals surface area (Å²) in [5.41, 5.74) is 1.04. The van der Waals surface area contributed by atoms with Crippen molar-refractivity contribution in [2.75, 3.05) is 39.3 Å². The van der Waals surface area contributed by atoms with Crippen LogP contribution in [0.3, 0.4) is 0 Å². The Balaban J connectivity index is 1.49. The highest BCUT2D eigenvalue weighted by atomic mass is 19.3. The average molecular weight is 395 g/mol. The van der Waals surface area contributed by atoms with Crippen molar-refractivity contribution in [3.63, 3.8) is 0 Å². The Hall–Kier alpha value is -1.69. The highest BCUT2D eigenvalue weighted by Crippen LogP contribution is 2.35. The molecule has 0 aromatic heterocycles. The summed E-state index contributed by atoms with van der Waals surface area (Å²) in [5, 5.41) is 0. The molecule has 6 heteroatoms. The Labute approximate surface area is 166 Å². The number of carbonyl (C=O) groups excluding carboxylic acids is 1. The van der Waals surface area contributed by atoms with E-state index in [1.54, 1.807) is 17.0 Å². The van der Waals surface area contributed by atoms with Crippen LogP contribution < -0.4 is 0 Å². The summed E-state index contributed by atoms with van der Waals surface area (Å²) in [4.78, 5) is 16.1. The van der Waals surface area contributed by atoms with Crippen LogP contribution in [0.2, 0.25) is 0 Å². The van der Waals surface area contributed by atoms with E-state index in [2.05, 4.69) is 4.90 Å². The standard InChI is InChI=1S/C22H32F2N2O2/c1-2-28-22(27)26-14-9-17(10-15-26)16-25-12-5-6-18(11-13-25)19-7-3-4-8-20(19)21(23)24/h3-4,7-8,17-18,21H,2,5-6,9-16H2,1H3. The Morgan fingerprint density at radius 2 is 1.86 bits per heavy atom. The van der Waals surface area contributed by atoms with Gasteiger partial charge in [0.15, 0.2) is 0 Å². The molecule has 1 atom stereocenters. The topological polar surface area (TPSA) is 32.8 Å². The van der Waals surface area contributed by atoms with Gasteiger partial charge in [-0.1, -0.05) is 24.3 Å². The quantitative estimate of drug-likeness (QED) is 0.700. The third-order valence-corrected chi connectivity index (χ3v) is 6.15. The van der Waals surface area contributed by atoms with Gasteiger partial charge in [-0.05, 0) is 69.5 Å². The Kier molecular flexibility index (Phi) is 7.65. The van der Waals surface area contributed by atoms with Gasteiger partial charge in [-0.15, -0.1) is 0 Å². The molecule has 1 aromatic rings. The first kappa shape index (κ1) is 21.0. The first-order valence-electron chi connectivity index (χ1n) is 10.6. The van der Waals surface area contributed by atoms with Crippen LogP contribution in [-0.4, -0.2) is 55.2 Å². The van der Waals surface area contributed by atoms with E-state index in [1.165, 1.54) is 0 Å². The van der Waals surface area contributed by atoms with Gasteiger partial charge < -0.3 is 14.5 Å². The second-order valence-electron chi connectivity index (χ2n) is 7.99. The highest BCUT2D eigenvalue weighted by Gasteiger charge is 2.27. The summed E-state index contributed by atoms with van der Waals surface area (Å²) in [6.45, 7) is 6.81. The minimum atomic E-state index is -2.40. The number of benzene rings is 1. The molecule has 0 spiro atoms. The van der Waals surface area contributed by atoms with Crippen LogP contribution in [0.15, 0.2) is 24.3 Å². The molecule has 0 bridgehead atoms. The van der Waals surface area contributed by atoms with E-state index >= 15 is 0 Å². The molecule has 3 rings (SSSR count). The number of halogens is 2. The van der Waals surface area contributed by atoms with Crippen molar-refractivity contribution in [1.29, 1.82) is 0 Å². The molecule has 28 heavy (non-hydrogen) atoms. The molecule has 2 aliphatic rings. The van der Waals surface area contributed by atoms with Crippen LogP contribution >= 0.6 is 0 Å². The number of hydrogen-bond acceptors (Lipinski definition) is 3. The largest absolute Gasteiger partial charge is 0.450 e. The van der Waals surface area contributed by atoms with Crippen molar-refractivity contribution in [1.82, 2.24) is 9.80 Å². The Morgan fingerprint density at radius 1 is 1.11 bits per heavy atom. The molecule has 0 N–H and O–H groups in total. The monoisotopic (exact) mass is 394 g/mol. The smallest absolute Gasteiger partial charge is 0.409 e. The molecule has 2 saturated heterocycles. The lowest BCUT2D eigenvalue weighted by Crippen LogP contribution is -2.42. The molecule has 0 radical (unpaired) electrons. The van der Waals surface area contributed by atoms with Gasteiger partial charge in [0.25, 0.3) is 6.43 Å². The van der Waals surface area contributed by atoms with E-state index in [-0.39, 0.29) is 17.6 Å². The molecule has 2 heterocycles. The van der Waals surface area contributed by atoms with Crippen molar-refractivity contribution in [2.45, 2.75) is 51.4 Å². The number of ether oxygens (including phenoxy) is 1. The lowest BCUT2D eigenvalue weighted by atomic mass is 9.88. The number of amides is 1. The summed E-state index contributed by atoms with van der Waals surface area (Å²) in [5.74, 6) is 0.816. The number of nitrogens with zero attached hydrogens (tertiary/aromatic N) is 2. The van der Waals surface area contributed by atoms with Gasteiger partial charge in [-0.2, -0.15) is 0 Å². The number of hydrogen-bond donors (Lipinski definition) is 0. The van der Waals surface area contributed by atoms with E-state index in [9.17, 15) is 13.6 Å². The van der Waals surface area contributed by atoms with Gasteiger partial charge in [0, 0.05) is 25.2 Å². The van der Waals surface area contributed by atoms with E-state index in [4.69, 9.17) is 4.74 Å². The second kappa shape index (κ2) is 10.2. The molecule has 0 aliphatic carbocycles. The van der Waals surface area contributed by atoms with Crippen molar-refractivity contribution in [3.8, 4) is 0 Å². The fraction of sp³-hybridized carbons (Fsp3) is 0.682. The van der Waals surface area contributed by atoms with Crippen molar-refractivity contribution in [2.24, 2.45) is 5.92 Å². The fourth-order valence-electron chi connectivity index (χ4n) is 4.61. The summed E-state index contributed by atoms with van der Waals surface area (Å²) in [6.07, 6.45) is 2.37. The summed E-state index contributed by atoms with van der Waals surface area (Å²) in [7, 11) is 0. The van der Waals surface area contributed by atoms with Crippen LogP contribution in [-0.2, 0) is 4.74 Å². The predicted octanol–water partition coefficient (Wildman–Crippen LogP) is 5.06. The molecule has 1 amide bonds. The fourth-order valence-corrected chi connectivity index (χ4v) is 4.61. The number of likely N-dealkylation sites (tertiary alicyclic amines) is 2. The van der Waals surface area contributed by atoms with Gasteiger partial charge in [0.05, 0.1) is 6.61 Å². The molecule has 1 aromatic carbocycles. The SMILES string of the molecule is CCOC(=O)N1CCC(CN2CCCC(c3ccccc3C(F)F)CC2)CC1. The number of piperidine rings is 1. The molecule has 156 valence electrons. The van der Waals surface area contributed by atoms with Gasteiger partial charge in [0.1, 0.15) is 0 Å². The minimum absolute atomic E-state index is 0.198. The number of carbonyl (C=O) groups is 1. The van der Waals surface area contributed by atoms with E-state index in [0.717, 1.165) is 70.4 Å². The van der Waals surface area contributed by atoms with E-state index in [1.807, 2.05) is 19.1 Å². The van der Waals surface area contributed by atoms with Crippen molar-refractivity contribution >= 4 is 6.09 Å². The van der Waals surface area contributed by atoms with Crippen molar-refractivity contribution < 1.29 is 18.3 Å². The zero-order valence-electron chi connectivity index (χ0n) is 16.8. The second-order valence-corrected chi connectivity index (χ2v) is 7.99. The predicted molar refractivity (Wildman–Crippen MR) is 106 cm³/mol. The number of alkyl halides is 2. The van der Waals surface area contributed by atoms with Gasteiger partial charge in [-0.3, -0.25) is 0 Å². The molecule has 2 fully saturated rings. The van der Waals surface area contributed by atoms with Gasteiger partial charge in [0.2, 0.25) is 0 Å². The first-order valence-corrected chi connectivity index (χ1v) is 10.6.